The number of amides is 1. The molecule has 7 nitrogen and oxygen atoms in total. The molecule has 10 heteroatoms. The molecule has 3 heterocycles. The van der Waals surface area contributed by atoms with E-state index in [-0.39, 0.29) is 31.0 Å². The lowest BCUT2D eigenvalue weighted by atomic mass is 9.91. The van der Waals surface area contributed by atoms with Gasteiger partial charge in [0.1, 0.15) is 11.7 Å². The van der Waals surface area contributed by atoms with Crippen LogP contribution >= 0.6 is 0 Å². The van der Waals surface area contributed by atoms with Gasteiger partial charge >= 0.3 is 12.3 Å². The van der Waals surface area contributed by atoms with Crippen LogP contribution in [-0.4, -0.2) is 66.5 Å². The lowest BCUT2D eigenvalue weighted by Crippen LogP contribution is -2.54. The molecule has 2 aromatic rings. The predicted octanol–water partition coefficient (Wildman–Crippen LogP) is 5.10. The summed E-state index contributed by atoms with van der Waals surface area (Å²) in [7, 11) is 0. The zero-order chi connectivity index (χ0) is 26.8. The van der Waals surface area contributed by atoms with Gasteiger partial charge in [-0.25, -0.2) is 4.79 Å². The van der Waals surface area contributed by atoms with Crippen LogP contribution in [0.1, 0.15) is 45.6 Å². The van der Waals surface area contributed by atoms with Crippen molar-refractivity contribution in [1.29, 1.82) is 5.26 Å². The number of anilines is 1. The van der Waals surface area contributed by atoms with Crippen molar-refractivity contribution in [1.82, 2.24) is 15.2 Å². The standard InChI is InChI=1S/C27H34F3N5O2/c1-26(2,3)37-25(36)34-11-5-6-18(15-34)14-33-21-12-20(27(28,29)30)16-35(17-21)23-9-8-19(13-31)24-22(23)7-4-10-32-24/h4,7-10,18,20-21,33H,5-6,11-12,14-17H2,1-3H3/t18?,20-,21+/m0/s1. The highest BCUT2D eigenvalue weighted by Crippen LogP contribution is 2.37. The first-order chi connectivity index (χ1) is 17.4. The summed E-state index contributed by atoms with van der Waals surface area (Å²) in [5.41, 5.74) is 0.957. The number of nitrogens with zero attached hydrogens (tertiary/aromatic N) is 4. The summed E-state index contributed by atoms with van der Waals surface area (Å²) in [6, 6.07) is 8.61. The zero-order valence-corrected chi connectivity index (χ0v) is 21.5. The molecule has 2 saturated heterocycles. The quantitative estimate of drug-likeness (QED) is 0.608. The van der Waals surface area contributed by atoms with Crippen molar-refractivity contribution >= 4 is 22.7 Å². The summed E-state index contributed by atoms with van der Waals surface area (Å²) in [6.45, 7) is 7.41. The third-order valence-electron chi connectivity index (χ3n) is 6.99. The number of piperidine rings is 2. The number of benzene rings is 1. The zero-order valence-electron chi connectivity index (χ0n) is 21.5. The average Bonchev–Trinajstić information content (AvgIpc) is 2.85. The minimum Gasteiger partial charge on any atom is -0.444 e. The smallest absolute Gasteiger partial charge is 0.410 e. The van der Waals surface area contributed by atoms with Crippen molar-refractivity contribution < 1.29 is 22.7 Å². The van der Waals surface area contributed by atoms with E-state index in [0.717, 1.165) is 12.8 Å². The molecule has 1 aromatic heterocycles. The van der Waals surface area contributed by atoms with Crippen LogP contribution in [0.4, 0.5) is 23.7 Å². The number of hydrogen-bond acceptors (Lipinski definition) is 6. The molecule has 2 aliphatic heterocycles. The molecule has 200 valence electrons. The maximum absolute atomic E-state index is 13.9. The monoisotopic (exact) mass is 517 g/mol. The van der Waals surface area contributed by atoms with E-state index in [1.54, 1.807) is 40.3 Å². The summed E-state index contributed by atoms with van der Waals surface area (Å²) >= 11 is 0. The lowest BCUT2D eigenvalue weighted by Gasteiger charge is -2.41. The number of pyridine rings is 1. The number of nitrogens with one attached hydrogen (secondary N) is 1. The van der Waals surface area contributed by atoms with E-state index in [1.807, 2.05) is 20.8 Å². The fraction of sp³-hybridized carbons (Fsp3) is 0.593. The molecule has 1 amide bonds. The number of likely N-dealkylation sites (tertiary alicyclic amines) is 1. The largest absolute Gasteiger partial charge is 0.444 e. The van der Waals surface area contributed by atoms with Crippen LogP contribution in [-0.2, 0) is 4.74 Å². The summed E-state index contributed by atoms with van der Waals surface area (Å²) in [6.07, 6.45) is -1.36. The van der Waals surface area contributed by atoms with E-state index in [0.29, 0.717) is 48.3 Å². The minimum atomic E-state index is -4.32. The normalized spacial score (nSPS) is 23.1. The number of carbonyl (C=O) groups is 1. The van der Waals surface area contributed by atoms with Gasteiger partial charge in [0.15, 0.2) is 0 Å². The summed E-state index contributed by atoms with van der Waals surface area (Å²) in [5, 5.41) is 13.5. The van der Waals surface area contributed by atoms with Gasteiger partial charge in [-0.3, -0.25) is 4.98 Å². The highest BCUT2D eigenvalue weighted by molar-refractivity contribution is 5.95. The molecule has 0 spiro atoms. The highest BCUT2D eigenvalue weighted by atomic mass is 19.4. The first-order valence-electron chi connectivity index (χ1n) is 12.8. The molecule has 3 atom stereocenters. The fourth-order valence-electron chi connectivity index (χ4n) is 5.26. The predicted molar refractivity (Wildman–Crippen MR) is 135 cm³/mol. The van der Waals surface area contributed by atoms with Crippen LogP contribution in [0.15, 0.2) is 30.5 Å². The van der Waals surface area contributed by atoms with Crippen molar-refractivity contribution in [2.24, 2.45) is 11.8 Å². The first-order valence-corrected chi connectivity index (χ1v) is 12.8. The van der Waals surface area contributed by atoms with E-state index in [4.69, 9.17) is 4.74 Å². The van der Waals surface area contributed by atoms with Crippen LogP contribution < -0.4 is 10.2 Å². The molecule has 0 saturated carbocycles. The number of nitriles is 1. The molecule has 2 aliphatic rings. The number of rotatable bonds is 4. The lowest BCUT2D eigenvalue weighted by molar-refractivity contribution is -0.177. The molecule has 0 radical (unpaired) electrons. The number of ether oxygens (including phenoxy) is 1. The number of fused-ring (bicyclic) bond motifs is 1. The van der Waals surface area contributed by atoms with Gasteiger partial charge in [-0.15, -0.1) is 0 Å². The first kappa shape index (κ1) is 27.0. The number of aromatic nitrogens is 1. The molecule has 37 heavy (non-hydrogen) atoms. The van der Waals surface area contributed by atoms with Gasteiger partial charge < -0.3 is 19.9 Å². The Hall–Kier alpha value is -3.06. The second-order valence-corrected chi connectivity index (χ2v) is 11.1. The SMILES string of the molecule is CC(C)(C)OC(=O)N1CCCC(CN[C@@H]2C[C@H](C(F)(F)F)CN(c3ccc(C#N)c4ncccc34)C2)C1. The van der Waals surface area contributed by atoms with E-state index < -0.39 is 17.7 Å². The molecule has 0 aliphatic carbocycles. The van der Waals surface area contributed by atoms with Crippen molar-refractivity contribution in [3.8, 4) is 6.07 Å². The molecule has 2 fully saturated rings. The van der Waals surface area contributed by atoms with Crippen molar-refractivity contribution in [3.63, 3.8) is 0 Å². The number of halogens is 3. The van der Waals surface area contributed by atoms with E-state index >= 15 is 0 Å². The van der Waals surface area contributed by atoms with Crippen molar-refractivity contribution in [3.05, 3.63) is 36.0 Å². The number of carbonyl (C=O) groups excluding carboxylic acids is 1. The highest BCUT2D eigenvalue weighted by Gasteiger charge is 2.45. The van der Waals surface area contributed by atoms with E-state index in [2.05, 4.69) is 16.4 Å². The van der Waals surface area contributed by atoms with Crippen LogP contribution in [0.2, 0.25) is 0 Å². The molecule has 4 rings (SSSR count). The van der Waals surface area contributed by atoms with Crippen LogP contribution in [0, 0.1) is 23.2 Å². The summed E-state index contributed by atoms with van der Waals surface area (Å²) < 4.78 is 47.3. The average molecular weight is 518 g/mol. The Labute approximate surface area is 215 Å². The molecule has 1 N–H and O–H groups in total. The second kappa shape index (κ2) is 10.7. The summed E-state index contributed by atoms with van der Waals surface area (Å²) in [4.78, 5) is 20.3. The Morgan fingerprint density at radius 3 is 2.70 bits per heavy atom. The number of alkyl halides is 3. The fourth-order valence-corrected chi connectivity index (χ4v) is 5.26. The van der Waals surface area contributed by atoms with Crippen LogP contribution in [0.25, 0.3) is 10.9 Å². The molecule has 0 bridgehead atoms. The van der Waals surface area contributed by atoms with Crippen molar-refractivity contribution in [2.45, 2.75) is 57.9 Å². The van der Waals surface area contributed by atoms with Gasteiger partial charge in [0.2, 0.25) is 0 Å². The Morgan fingerprint density at radius 1 is 1.22 bits per heavy atom. The maximum Gasteiger partial charge on any atom is 0.410 e. The molecule has 1 aromatic carbocycles. The molecular weight excluding hydrogens is 483 g/mol. The molecular formula is C27H34F3N5O2. The second-order valence-electron chi connectivity index (χ2n) is 11.1. The van der Waals surface area contributed by atoms with Gasteiger partial charge in [-0.05, 0) is 76.8 Å². The van der Waals surface area contributed by atoms with Gasteiger partial charge in [0.05, 0.1) is 17.0 Å². The Kier molecular flexibility index (Phi) is 7.83. The Morgan fingerprint density at radius 2 is 2.00 bits per heavy atom. The van der Waals surface area contributed by atoms with Gasteiger partial charge in [-0.2, -0.15) is 18.4 Å². The number of hydrogen-bond donors (Lipinski definition) is 1. The van der Waals surface area contributed by atoms with E-state index in [9.17, 15) is 23.2 Å². The minimum absolute atomic E-state index is 0.00500. The van der Waals surface area contributed by atoms with Crippen LogP contribution in [0.3, 0.4) is 0 Å². The van der Waals surface area contributed by atoms with Crippen molar-refractivity contribution in [2.75, 3.05) is 37.6 Å². The third kappa shape index (κ3) is 6.63. The Bertz CT molecular complexity index is 1160. The maximum atomic E-state index is 13.9. The van der Waals surface area contributed by atoms with Gasteiger partial charge in [-0.1, -0.05) is 0 Å². The Balaban J connectivity index is 1.48. The van der Waals surface area contributed by atoms with Crippen LogP contribution in [0.5, 0.6) is 0 Å². The third-order valence-corrected chi connectivity index (χ3v) is 6.99. The summed E-state index contributed by atoms with van der Waals surface area (Å²) in [5.74, 6) is -1.34. The topological polar surface area (TPSA) is 81.5 Å². The van der Waals surface area contributed by atoms with Gasteiger partial charge in [0, 0.05) is 49.5 Å². The van der Waals surface area contributed by atoms with E-state index in [1.165, 1.54) is 0 Å². The van der Waals surface area contributed by atoms with Gasteiger partial charge in [0.25, 0.3) is 0 Å². The molecule has 1 unspecified atom stereocenters.